The highest BCUT2D eigenvalue weighted by Crippen LogP contribution is 2.33. The molecular weight excluding hydrogens is 248 g/mol. The summed E-state index contributed by atoms with van der Waals surface area (Å²) in [6.45, 7) is 5.70. The van der Waals surface area contributed by atoms with Crippen molar-refractivity contribution in [2.45, 2.75) is 58.4 Å². The molecule has 0 saturated heterocycles. The third kappa shape index (κ3) is 8.89. The lowest BCUT2D eigenvalue weighted by Crippen LogP contribution is -2.28. The minimum Gasteiger partial charge on any atom is -0.315 e. The fraction of sp³-hybridized carbons (Fsp3) is 1.00. The number of hydrogen-bond donors (Lipinski definition) is 2. The normalized spacial score (nSPS) is 16.4. The summed E-state index contributed by atoms with van der Waals surface area (Å²) in [6, 6.07) is 0.474. The largest absolute Gasteiger partial charge is 0.315 e. The Bertz CT molecular complexity index is 311. The van der Waals surface area contributed by atoms with Gasteiger partial charge in [-0.25, -0.2) is 13.1 Å². The fourth-order valence-corrected chi connectivity index (χ4v) is 3.09. The standard InChI is InChI=1S/C13H28N2O2S/c1-12(2)14-9-3-4-11-18(16,17)15-10-5-6-13-7-8-13/h12-15H,3-11H2,1-2H3. The van der Waals surface area contributed by atoms with Gasteiger partial charge in [0.05, 0.1) is 5.75 Å². The smallest absolute Gasteiger partial charge is 0.211 e. The summed E-state index contributed by atoms with van der Waals surface area (Å²) >= 11 is 0. The lowest BCUT2D eigenvalue weighted by Gasteiger charge is -2.08. The highest BCUT2D eigenvalue weighted by atomic mass is 32.2. The third-order valence-corrected chi connectivity index (χ3v) is 4.67. The molecule has 1 aliphatic carbocycles. The molecule has 0 heterocycles. The van der Waals surface area contributed by atoms with Crippen LogP contribution in [-0.4, -0.2) is 33.3 Å². The molecule has 1 fully saturated rings. The number of hydrogen-bond acceptors (Lipinski definition) is 3. The van der Waals surface area contributed by atoms with Crippen LogP contribution < -0.4 is 10.0 Å². The van der Waals surface area contributed by atoms with E-state index in [2.05, 4.69) is 23.9 Å². The molecule has 4 nitrogen and oxygen atoms in total. The molecule has 108 valence electrons. The predicted molar refractivity (Wildman–Crippen MR) is 76.1 cm³/mol. The third-order valence-electron chi connectivity index (χ3n) is 3.20. The van der Waals surface area contributed by atoms with Crippen molar-refractivity contribution in [1.29, 1.82) is 0 Å². The Hall–Kier alpha value is -0.130. The fourth-order valence-electron chi connectivity index (χ4n) is 1.90. The summed E-state index contributed by atoms with van der Waals surface area (Å²) in [5.74, 6) is 1.15. The van der Waals surface area contributed by atoms with Gasteiger partial charge in [-0.05, 0) is 38.1 Å². The van der Waals surface area contributed by atoms with Crippen molar-refractivity contribution in [2.75, 3.05) is 18.8 Å². The van der Waals surface area contributed by atoms with Crippen molar-refractivity contribution in [3.8, 4) is 0 Å². The second-order valence-electron chi connectivity index (χ2n) is 5.61. The summed E-state index contributed by atoms with van der Waals surface area (Å²) < 4.78 is 26.0. The van der Waals surface area contributed by atoms with E-state index in [0.29, 0.717) is 12.6 Å². The van der Waals surface area contributed by atoms with E-state index in [1.165, 1.54) is 19.3 Å². The molecule has 0 aromatic carbocycles. The molecule has 0 radical (unpaired) electrons. The van der Waals surface area contributed by atoms with Crippen LogP contribution in [0.5, 0.6) is 0 Å². The van der Waals surface area contributed by atoms with Crippen molar-refractivity contribution < 1.29 is 8.42 Å². The van der Waals surface area contributed by atoms with Crippen LogP contribution in [0.4, 0.5) is 0 Å². The Morgan fingerprint density at radius 3 is 2.44 bits per heavy atom. The van der Waals surface area contributed by atoms with Gasteiger partial charge in [-0.15, -0.1) is 0 Å². The van der Waals surface area contributed by atoms with Gasteiger partial charge < -0.3 is 5.32 Å². The molecule has 5 heteroatoms. The number of rotatable bonds is 11. The molecular formula is C13H28N2O2S. The van der Waals surface area contributed by atoms with E-state index >= 15 is 0 Å². The van der Waals surface area contributed by atoms with Crippen molar-refractivity contribution >= 4 is 10.0 Å². The topological polar surface area (TPSA) is 58.2 Å². The molecule has 0 unspecified atom stereocenters. The molecule has 0 amide bonds. The van der Waals surface area contributed by atoms with Crippen molar-refractivity contribution in [2.24, 2.45) is 5.92 Å². The highest BCUT2D eigenvalue weighted by Gasteiger charge is 2.20. The molecule has 0 bridgehead atoms. The molecule has 0 aromatic rings. The Labute approximate surface area is 112 Å². The molecule has 0 aliphatic heterocycles. The Morgan fingerprint density at radius 2 is 1.83 bits per heavy atom. The van der Waals surface area contributed by atoms with Gasteiger partial charge in [-0.1, -0.05) is 26.7 Å². The van der Waals surface area contributed by atoms with Crippen LogP contribution in [0.25, 0.3) is 0 Å². The number of sulfonamides is 1. The van der Waals surface area contributed by atoms with Crippen LogP contribution in [0.1, 0.15) is 52.4 Å². The Kier molecular flexibility index (Phi) is 7.19. The van der Waals surface area contributed by atoms with E-state index in [1.54, 1.807) is 0 Å². The van der Waals surface area contributed by atoms with Crippen LogP contribution in [-0.2, 0) is 10.0 Å². The zero-order valence-electron chi connectivity index (χ0n) is 11.7. The lowest BCUT2D eigenvalue weighted by molar-refractivity contribution is 0.552. The maximum absolute atomic E-state index is 11.7. The molecule has 0 atom stereocenters. The van der Waals surface area contributed by atoms with Crippen molar-refractivity contribution in [3.63, 3.8) is 0 Å². The maximum Gasteiger partial charge on any atom is 0.211 e. The molecule has 1 aliphatic rings. The zero-order chi connectivity index (χ0) is 13.4. The van der Waals surface area contributed by atoms with E-state index in [4.69, 9.17) is 0 Å². The first-order chi connectivity index (χ1) is 8.49. The zero-order valence-corrected chi connectivity index (χ0v) is 12.6. The van der Waals surface area contributed by atoms with Crippen molar-refractivity contribution in [3.05, 3.63) is 0 Å². The SMILES string of the molecule is CC(C)NCCCCS(=O)(=O)NCCCC1CC1. The molecule has 0 spiro atoms. The van der Waals surface area contributed by atoms with E-state index in [-0.39, 0.29) is 5.75 Å². The summed E-state index contributed by atoms with van der Waals surface area (Å²) in [5, 5.41) is 3.29. The second-order valence-corrected chi connectivity index (χ2v) is 7.54. The summed E-state index contributed by atoms with van der Waals surface area (Å²) in [6.07, 6.45) is 6.50. The number of unbranched alkanes of at least 4 members (excludes halogenated alkanes) is 1. The van der Waals surface area contributed by atoms with Crippen LogP contribution >= 0.6 is 0 Å². The predicted octanol–water partition coefficient (Wildman–Crippen LogP) is 1.87. The van der Waals surface area contributed by atoms with E-state index in [0.717, 1.165) is 31.7 Å². The van der Waals surface area contributed by atoms with Gasteiger partial charge in [0.2, 0.25) is 10.0 Å². The van der Waals surface area contributed by atoms with Crippen LogP contribution in [0.15, 0.2) is 0 Å². The van der Waals surface area contributed by atoms with Gasteiger partial charge in [0.1, 0.15) is 0 Å². The first-order valence-corrected chi connectivity index (χ1v) is 8.85. The summed E-state index contributed by atoms with van der Waals surface area (Å²) in [4.78, 5) is 0. The quantitative estimate of drug-likeness (QED) is 0.566. The van der Waals surface area contributed by atoms with Gasteiger partial charge in [0.15, 0.2) is 0 Å². The van der Waals surface area contributed by atoms with E-state index in [1.807, 2.05) is 0 Å². The minimum absolute atomic E-state index is 0.260. The average Bonchev–Trinajstić information content (AvgIpc) is 3.07. The molecule has 1 rings (SSSR count). The second kappa shape index (κ2) is 8.12. The van der Waals surface area contributed by atoms with Crippen LogP contribution in [0, 0.1) is 5.92 Å². The molecule has 18 heavy (non-hydrogen) atoms. The molecule has 2 N–H and O–H groups in total. The van der Waals surface area contributed by atoms with E-state index in [9.17, 15) is 8.42 Å². The Balaban J connectivity index is 1.96. The summed E-state index contributed by atoms with van der Waals surface area (Å²) in [7, 11) is -3.04. The summed E-state index contributed by atoms with van der Waals surface area (Å²) in [5.41, 5.74) is 0. The highest BCUT2D eigenvalue weighted by molar-refractivity contribution is 7.89. The van der Waals surface area contributed by atoms with Gasteiger partial charge in [-0.3, -0.25) is 0 Å². The first kappa shape index (κ1) is 15.9. The minimum atomic E-state index is -3.04. The van der Waals surface area contributed by atoms with Crippen molar-refractivity contribution in [1.82, 2.24) is 10.0 Å². The van der Waals surface area contributed by atoms with E-state index < -0.39 is 10.0 Å². The van der Waals surface area contributed by atoms with Crippen LogP contribution in [0.3, 0.4) is 0 Å². The molecule has 0 aromatic heterocycles. The lowest BCUT2D eigenvalue weighted by atomic mass is 10.2. The first-order valence-electron chi connectivity index (χ1n) is 7.20. The van der Waals surface area contributed by atoms with Crippen LogP contribution in [0.2, 0.25) is 0 Å². The van der Waals surface area contributed by atoms with Gasteiger partial charge in [0.25, 0.3) is 0 Å². The number of nitrogens with one attached hydrogen (secondary N) is 2. The monoisotopic (exact) mass is 276 g/mol. The molecule has 1 saturated carbocycles. The maximum atomic E-state index is 11.7. The van der Waals surface area contributed by atoms with Gasteiger partial charge >= 0.3 is 0 Å². The van der Waals surface area contributed by atoms with Gasteiger partial charge in [-0.2, -0.15) is 0 Å². The average molecular weight is 276 g/mol. The Morgan fingerprint density at radius 1 is 1.11 bits per heavy atom. The van der Waals surface area contributed by atoms with Gasteiger partial charge in [0, 0.05) is 12.6 Å².